The molecule has 2 N–H and O–H groups in total. The quantitative estimate of drug-likeness (QED) is 0.842. The second-order valence-corrected chi connectivity index (χ2v) is 7.89. The lowest BCUT2D eigenvalue weighted by molar-refractivity contribution is 0.301. The van der Waals surface area contributed by atoms with Crippen molar-refractivity contribution in [2.24, 2.45) is 0 Å². The van der Waals surface area contributed by atoms with Crippen molar-refractivity contribution in [2.45, 2.75) is 57.7 Å². The Balaban J connectivity index is 1.53. The van der Waals surface area contributed by atoms with Crippen LogP contribution in [-0.4, -0.2) is 19.2 Å². The van der Waals surface area contributed by atoms with Gasteiger partial charge in [0.1, 0.15) is 5.75 Å². The Morgan fingerprint density at radius 2 is 2.04 bits per heavy atom. The van der Waals surface area contributed by atoms with Gasteiger partial charge in [-0.25, -0.2) is 0 Å². The predicted octanol–water partition coefficient (Wildman–Crippen LogP) is 4.33. The van der Waals surface area contributed by atoms with Crippen molar-refractivity contribution in [2.75, 3.05) is 13.2 Å². The molecule has 2 aliphatic rings. The van der Waals surface area contributed by atoms with Crippen LogP contribution in [0.2, 0.25) is 0 Å². The zero-order valence-corrected chi connectivity index (χ0v) is 15.9. The van der Waals surface area contributed by atoms with Crippen LogP contribution < -0.4 is 15.4 Å². The van der Waals surface area contributed by atoms with Crippen LogP contribution in [0.15, 0.2) is 42.5 Å². The average Bonchev–Trinajstić information content (AvgIpc) is 3.16. The smallest absolute Gasteiger partial charge is 0.127 e. The third kappa shape index (κ3) is 3.65. The average molecular weight is 351 g/mol. The minimum Gasteiger partial charge on any atom is -0.493 e. The highest BCUT2D eigenvalue weighted by molar-refractivity contribution is 5.47. The van der Waals surface area contributed by atoms with Crippen LogP contribution in [-0.2, 0) is 13.0 Å². The second-order valence-electron chi connectivity index (χ2n) is 7.89. The fraction of sp³-hybridized carbons (Fsp3) is 0.478. The van der Waals surface area contributed by atoms with Gasteiger partial charge in [0.2, 0.25) is 0 Å². The summed E-state index contributed by atoms with van der Waals surface area (Å²) in [6, 6.07) is 16.3. The summed E-state index contributed by atoms with van der Waals surface area (Å²) in [5, 5.41) is 7.55. The van der Waals surface area contributed by atoms with Crippen LogP contribution in [0.1, 0.15) is 60.9 Å². The molecule has 2 aliphatic heterocycles. The standard InChI is InChI=1S/C23H30N2O/c1-16(2)19-13-18-10-12-26-23(18)20(14-19)15-25-21-9-6-11-24-22(21)17-7-4-3-5-8-17/h3-5,7-8,13-14,16,21-22,24-25H,6,9-12,15H2,1-2H3. The van der Waals surface area contributed by atoms with E-state index < -0.39 is 0 Å². The lowest BCUT2D eigenvalue weighted by atomic mass is 9.91. The van der Waals surface area contributed by atoms with E-state index in [4.69, 9.17) is 4.74 Å². The molecule has 4 rings (SSSR count). The van der Waals surface area contributed by atoms with Crippen molar-refractivity contribution < 1.29 is 4.74 Å². The number of benzene rings is 2. The molecule has 0 aliphatic carbocycles. The van der Waals surface area contributed by atoms with Gasteiger partial charge >= 0.3 is 0 Å². The molecule has 26 heavy (non-hydrogen) atoms. The Kier molecular flexibility index (Phi) is 5.28. The number of fused-ring (bicyclic) bond motifs is 1. The monoisotopic (exact) mass is 350 g/mol. The van der Waals surface area contributed by atoms with Gasteiger partial charge in [0.05, 0.1) is 6.61 Å². The van der Waals surface area contributed by atoms with E-state index in [1.54, 1.807) is 0 Å². The number of hydrogen-bond acceptors (Lipinski definition) is 3. The molecule has 2 aromatic carbocycles. The SMILES string of the molecule is CC(C)c1cc2c(c(CNC3CCCNC3c3ccccc3)c1)OCC2. The van der Waals surface area contributed by atoms with E-state index in [0.29, 0.717) is 18.0 Å². The number of nitrogens with one attached hydrogen (secondary N) is 2. The Hall–Kier alpha value is -1.84. The predicted molar refractivity (Wildman–Crippen MR) is 107 cm³/mol. The summed E-state index contributed by atoms with van der Waals surface area (Å²) in [6.07, 6.45) is 3.47. The van der Waals surface area contributed by atoms with Crippen LogP contribution in [0.3, 0.4) is 0 Å². The lowest BCUT2D eigenvalue weighted by Crippen LogP contribution is -2.45. The number of piperidine rings is 1. The highest BCUT2D eigenvalue weighted by Crippen LogP contribution is 2.34. The lowest BCUT2D eigenvalue weighted by Gasteiger charge is -2.34. The van der Waals surface area contributed by atoms with Crippen LogP contribution in [0.5, 0.6) is 5.75 Å². The highest BCUT2D eigenvalue weighted by Gasteiger charge is 2.26. The molecule has 1 fully saturated rings. The summed E-state index contributed by atoms with van der Waals surface area (Å²) < 4.78 is 5.96. The zero-order valence-electron chi connectivity index (χ0n) is 15.9. The topological polar surface area (TPSA) is 33.3 Å². The van der Waals surface area contributed by atoms with Crippen molar-refractivity contribution in [1.82, 2.24) is 10.6 Å². The normalized spacial score (nSPS) is 22.3. The molecule has 0 spiro atoms. The van der Waals surface area contributed by atoms with Gasteiger partial charge in [0, 0.05) is 30.6 Å². The van der Waals surface area contributed by atoms with Crippen LogP contribution in [0, 0.1) is 0 Å². The summed E-state index contributed by atoms with van der Waals surface area (Å²) in [5.41, 5.74) is 5.50. The largest absolute Gasteiger partial charge is 0.493 e. The van der Waals surface area contributed by atoms with Crippen molar-refractivity contribution in [3.05, 3.63) is 64.7 Å². The number of ether oxygens (including phenoxy) is 1. The van der Waals surface area contributed by atoms with Crippen molar-refractivity contribution in [1.29, 1.82) is 0 Å². The Morgan fingerprint density at radius 1 is 1.19 bits per heavy atom. The molecule has 2 aromatic rings. The molecule has 0 saturated carbocycles. The number of rotatable bonds is 5. The molecule has 138 valence electrons. The maximum atomic E-state index is 5.96. The van der Waals surface area contributed by atoms with Crippen LogP contribution >= 0.6 is 0 Å². The van der Waals surface area contributed by atoms with E-state index in [2.05, 4.69) is 66.9 Å². The van der Waals surface area contributed by atoms with E-state index >= 15 is 0 Å². The fourth-order valence-electron chi connectivity index (χ4n) is 4.24. The molecule has 0 aromatic heterocycles. The summed E-state index contributed by atoms with van der Waals surface area (Å²) in [6.45, 7) is 7.33. The minimum absolute atomic E-state index is 0.382. The van der Waals surface area contributed by atoms with Gasteiger partial charge in [-0.05, 0) is 42.0 Å². The van der Waals surface area contributed by atoms with Gasteiger partial charge in [-0.2, -0.15) is 0 Å². The summed E-state index contributed by atoms with van der Waals surface area (Å²) in [4.78, 5) is 0. The molecular formula is C23H30N2O. The van der Waals surface area contributed by atoms with Crippen molar-refractivity contribution in [3.8, 4) is 5.75 Å². The first-order valence-corrected chi connectivity index (χ1v) is 10.0. The maximum absolute atomic E-state index is 5.96. The van der Waals surface area contributed by atoms with Crippen molar-refractivity contribution >= 4 is 0 Å². The van der Waals surface area contributed by atoms with Gasteiger partial charge in [0.25, 0.3) is 0 Å². The maximum Gasteiger partial charge on any atom is 0.127 e. The molecular weight excluding hydrogens is 320 g/mol. The summed E-state index contributed by atoms with van der Waals surface area (Å²) >= 11 is 0. The van der Waals surface area contributed by atoms with Gasteiger partial charge in [0.15, 0.2) is 0 Å². The van der Waals surface area contributed by atoms with E-state index in [-0.39, 0.29) is 0 Å². The van der Waals surface area contributed by atoms with E-state index in [1.807, 2.05) is 0 Å². The van der Waals surface area contributed by atoms with E-state index in [1.165, 1.54) is 35.1 Å². The van der Waals surface area contributed by atoms with Crippen LogP contribution in [0.4, 0.5) is 0 Å². The van der Waals surface area contributed by atoms with E-state index in [0.717, 1.165) is 31.9 Å². The molecule has 0 amide bonds. The van der Waals surface area contributed by atoms with Gasteiger partial charge < -0.3 is 15.4 Å². The van der Waals surface area contributed by atoms with Crippen LogP contribution in [0.25, 0.3) is 0 Å². The molecule has 2 heterocycles. The Bertz CT molecular complexity index is 741. The molecule has 0 bridgehead atoms. The Morgan fingerprint density at radius 3 is 2.85 bits per heavy atom. The van der Waals surface area contributed by atoms with Gasteiger partial charge in [-0.15, -0.1) is 0 Å². The number of hydrogen-bond donors (Lipinski definition) is 2. The molecule has 1 saturated heterocycles. The molecule has 3 nitrogen and oxygen atoms in total. The van der Waals surface area contributed by atoms with Gasteiger partial charge in [-0.1, -0.05) is 56.3 Å². The molecule has 3 heteroatoms. The molecule has 2 unspecified atom stereocenters. The highest BCUT2D eigenvalue weighted by atomic mass is 16.5. The van der Waals surface area contributed by atoms with Crippen molar-refractivity contribution in [3.63, 3.8) is 0 Å². The fourth-order valence-corrected chi connectivity index (χ4v) is 4.24. The first-order valence-electron chi connectivity index (χ1n) is 10.0. The first kappa shape index (κ1) is 17.6. The summed E-state index contributed by atoms with van der Waals surface area (Å²) in [5.74, 6) is 1.68. The second kappa shape index (κ2) is 7.81. The summed E-state index contributed by atoms with van der Waals surface area (Å²) in [7, 11) is 0. The minimum atomic E-state index is 0.382. The molecule has 2 atom stereocenters. The van der Waals surface area contributed by atoms with E-state index in [9.17, 15) is 0 Å². The Labute approximate surface area is 157 Å². The third-order valence-electron chi connectivity index (χ3n) is 5.72. The molecule has 0 radical (unpaired) electrons. The third-order valence-corrected chi connectivity index (χ3v) is 5.72. The first-order chi connectivity index (χ1) is 12.7. The zero-order chi connectivity index (χ0) is 17.9. The van der Waals surface area contributed by atoms with Gasteiger partial charge in [-0.3, -0.25) is 0 Å².